The molecule has 0 fully saturated rings. The van der Waals surface area contributed by atoms with Crippen molar-refractivity contribution in [2.45, 2.75) is 6.92 Å². The van der Waals surface area contributed by atoms with Crippen molar-refractivity contribution in [3.05, 3.63) is 93.2 Å². The first-order valence-electron chi connectivity index (χ1n) is 8.28. The van der Waals surface area contributed by atoms with Gasteiger partial charge in [-0.15, -0.1) is 0 Å². The van der Waals surface area contributed by atoms with Crippen molar-refractivity contribution in [3.63, 3.8) is 0 Å². The van der Waals surface area contributed by atoms with Crippen LogP contribution >= 0.6 is 47.0 Å². The maximum absolute atomic E-state index is 13.3. The van der Waals surface area contributed by atoms with Gasteiger partial charge in [-0.25, -0.2) is 0 Å². The lowest BCUT2D eigenvalue weighted by atomic mass is 10.1. The van der Waals surface area contributed by atoms with Crippen LogP contribution in [0.1, 0.15) is 11.1 Å². The second kappa shape index (κ2) is 8.93. The van der Waals surface area contributed by atoms with Gasteiger partial charge in [-0.3, -0.25) is 0 Å². The Morgan fingerprint density at radius 2 is 1.68 bits per heavy atom. The van der Waals surface area contributed by atoms with Crippen LogP contribution in [0.15, 0.2) is 67.0 Å². The van der Waals surface area contributed by atoms with Crippen molar-refractivity contribution >= 4 is 69.2 Å². The molecule has 3 rings (SSSR count). The summed E-state index contributed by atoms with van der Waals surface area (Å²) in [5, 5.41) is 17.8. The van der Waals surface area contributed by atoms with E-state index in [4.69, 9.17) is 47.0 Å². The largest absolute Gasteiger partial charge is 0.867 e. The molecule has 0 saturated heterocycles. The number of hydrogen-bond acceptors (Lipinski definition) is 2. The van der Waals surface area contributed by atoms with Gasteiger partial charge in [-0.2, -0.15) is 4.57 Å². The monoisotopic (exact) mass is 448 g/mol. The molecule has 1 aromatic heterocycles. The summed E-state index contributed by atoms with van der Waals surface area (Å²) in [7, 11) is 0. The van der Waals surface area contributed by atoms with Crippen LogP contribution < -0.4 is 15.0 Å². The molecule has 0 saturated carbocycles. The lowest BCUT2D eigenvalue weighted by Gasteiger charge is -2.19. The van der Waals surface area contributed by atoms with E-state index in [0.717, 1.165) is 11.3 Å². The average molecular weight is 450 g/mol. The van der Waals surface area contributed by atoms with E-state index in [-0.39, 0.29) is 22.0 Å². The van der Waals surface area contributed by atoms with Crippen LogP contribution in [0.4, 0.5) is 5.69 Å². The van der Waals surface area contributed by atoms with E-state index in [9.17, 15) is 5.11 Å². The molecule has 0 amide bonds. The molecule has 1 N–H and O–H groups in total. The third kappa shape index (κ3) is 4.47. The van der Waals surface area contributed by atoms with Gasteiger partial charge in [-0.05, 0) is 54.1 Å². The highest BCUT2D eigenvalue weighted by Crippen LogP contribution is 2.28. The van der Waals surface area contributed by atoms with Crippen molar-refractivity contribution < 1.29 is 9.67 Å². The van der Waals surface area contributed by atoms with E-state index in [1.807, 2.05) is 25.1 Å². The SMILES string of the molecule is Cc1c(Cl)cccc1NC(=S)C(=C([O-])c1cc(Cl)ccc1Cl)[n+]1ccccc1. The minimum absolute atomic E-state index is 0.239. The predicted molar refractivity (Wildman–Crippen MR) is 119 cm³/mol. The minimum atomic E-state index is -0.346. The number of pyridine rings is 1. The Morgan fingerprint density at radius 1 is 0.964 bits per heavy atom. The van der Waals surface area contributed by atoms with E-state index in [1.165, 1.54) is 6.07 Å². The lowest BCUT2D eigenvalue weighted by molar-refractivity contribution is -0.577. The standard InChI is InChI=1S/C21H15Cl3N2OS/c1-13-16(23)6-5-7-18(13)25-21(28)19(26-10-3-2-4-11-26)20(27)15-12-14(22)8-9-17(15)24/h2-12H,1H3,(H-,25,27,28). The molecule has 28 heavy (non-hydrogen) atoms. The van der Waals surface area contributed by atoms with Gasteiger partial charge in [0, 0.05) is 32.9 Å². The van der Waals surface area contributed by atoms with Gasteiger partial charge in [0.15, 0.2) is 17.4 Å². The zero-order valence-corrected chi connectivity index (χ0v) is 17.8. The Hall–Kier alpha value is -2.11. The van der Waals surface area contributed by atoms with Crippen molar-refractivity contribution in [2.75, 3.05) is 5.32 Å². The molecular weight excluding hydrogens is 435 g/mol. The normalized spacial score (nSPS) is 11.7. The Morgan fingerprint density at radius 3 is 2.39 bits per heavy atom. The highest BCUT2D eigenvalue weighted by atomic mass is 35.5. The number of anilines is 1. The van der Waals surface area contributed by atoms with E-state index in [0.29, 0.717) is 15.1 Å². The first-order chi connectivity index (χ1) is 13.4. The molecular formula is C21H15Cl3N2OS. The third-order valence-corrected chi connectivity index (χ3v) is 5.36. The zero-order chi connectivity index (χ0) is 20.3. The van der Waals surface area contributed by atoms with Gasteiger partial charge in [0.1, 0.15) is 0 Å². The summed E-state index contributed by atoms with van der Waals surface area (Å²) in [6, 6.07) is 15.6. The molecule has 0 bridgehead atoms. The van der Waals surface area contributed by atoms with E-state index in [1.54, 1.807) is 47.3 Å². The number of hydrogen-bond donors (Lipinski definition) is 1. The Balaban J connectivity index is 2.13. The Bertz CT molecular complexity index is 1070. The second-order valence-electron chi connectivity index (χ2n) is 5.95. The molecule has 3 nitrogen and oxygen atoms in total. The minimum Gasteiger partial charge on any atom is -0.867 e. The van der Waals surface area contributed by atoms with Gasteiger partial charge < -0.3 is 10.4 Å². The Labute approximate surface area is 183 Å². The quantitative estimate of drug-likeness (QED) is 0.252. The summed E-state index contributed by atoms with van der Waals surface area (Å²) in [5.41, 5.74) is 2.07. The predicted octanol–water partition coefficient (Wildman–Crippen LogP) is 5.37. The highest BCUT2D eigenvalue weighted by molar-refractivity contribution is 7.81. The molecule has 0 aliphatic rings. The van der Waals surface area contributed by atoms with Crippen LogP contribution in [0, 0.1) is 6.92 Å². The molecule has 3 aromatic rings. The van der Waals surface area contributed by atoms with Gasteiger partial charge in [0.2, 0.25) is 5.70 Å². The van der Waals surface area contributed by atoms with E-state index in [2.05, 4.69) is 5.32 Å². The van der Waals surface area contributed by atoms with Crippen molar-refractivity contribution in [1.82, 2.24) is 0 Å². The molecule has 0 atom stereocenters. The molecule has 0 aliphatic carbocycles. The number of nitrogens with one attached hydrogen (secondary N) is 1. The molecule has 0 radical (unpaired) electrons. The number of rotatable bonds is 4. The topological polar surface area (TPSA) is 39.0 Å². The number of aromatic nitrogens is 1. The summed E-state index contributed by atoms with van der Waals surface area (Å²) in [4.78, 5) is 0.239. The number of nitrogens with zero attached hydrogens (tertiary/aromatic N) is 1. The summed E-state index contributed by atoms with van der Waals surface area (Å²) in [5.74, 6) is -0.346. The van der Waals surface area contributed by atoms with E-state index < -0.39 is 0 Å². The number of thiocarbonyl (C=S) groups is 1. The smallest absolute Gasteiger partial charge is 0.238 e. The fourth-order valence-corrected chi connectivity index (χ4v) is 3.47. The molecule has 7 heteroatoms. The maximum Gasteiger partial charge on any atom is 0.238 e. The van der Waals surface area contributed by atoms with Crippen LogP contribution in [0.2, 0.25) is 15.1 Å². The van der Waals surface area contributed by atoms with Crippen molar-refractivity contribution in [1.29, 1.82) is 0 Å². The number of benzene rings is 2. The van der Waals surface area contributed by atoms with Gasteiger partial charge >= 0.3 is 0 Å². The van der Waals surface area contributed by atoms with Crippen LogP contribution in [0.5, 0.6) is 0 Å². The summed E-state index contributed by atoms with van der Waals surface area (Å²) < 4.78 is 1.65. The van der Waals surface area contributed by atoms with Gasteiger partial charge in [-0.1, -0.05) is 59.2 Å². The summed E-state index contributed by atoms with van der Waals surface area (Å²) in [6.45, 7) is 1.87. The third-order valence-electron chi connectivity index (χ3n) is 4.09. The second-order valence-corrected chi connectivity index (χ2v) is 7.61. The maximum atomic E-state index is 13.3. The van der Waals surface area contributed by atoms with E-state index >= 15 is 0 Å². The first-order valence-corrected chi connectivity index (χ1v) is 9.82. The summed E-state index contributed by atoms with van der Waals surface area (Å²) in [6.07, 6.45) is 3.48. The first kappa shape index (κ1) is 20.6. The van der Waals surface area contributed by atoms with Crippen molar-refractivity contribution in [3.8, 4) is 0 Å². The van der Waals surface area contributed by atoms with Crippen LogP contribution in [-0.2, 0) is 0 Å². The van der Waals surface area contributed by atoms with Gasteiger partial charge in [0.25, 0.3) is 0 Å². The van der Waals surface area contributed by atoms with Crippen LogP contribution in [0.3, 0.4) is 0 Å². The lowest BCUT2D eigenvalue weighted by Crippen LogP contribution is -2.39. The Kier molecular flexibility index (Phi) is 6.57. The fourth-order valence-electron chi connectivity index (χ4n) is 2.61. The molecule has 0 aliphatic heterocycles. The highest BCUT2D eigenvalue weighted by Gasteiger charge is 2.20. The summed E-state index contributed by atoms with van der Waals surface area (Å²) >= 11 is 24.1. The average Bonchev–Trinajstić information content (AvgIpc) is 2.68. The molecule has 142 valence electrons. The van der Waals surface area contributed by atoms with Crippen molar-refractivity contribution in [2.24, 2.45) is 0 Å². The molecule has 0 spiro atoms. The van der Waals surface area contributed by atoms with Crippen LogP contribution in [-0.4, -0.2) is 4.99 Å². The number of halogens is 3. The van der Waals surface area contributed by atoms with Crippen LogP contribution in [0.25, 0.3) is 11.5 Å². The molecule has 0 unspecified atom stereocenters. The molecule has 1 heterocycles. The fraction of sp³-hybridized carbons (Fsp3) is 0.0476. The zero-order valence-electron chi connectivity index (χ0n) is 14.7. The molecule has 2 aromatic carbocycles. The van der Waals surface area contributed by atoms with Gasteiger partial charge in [0.05, 0.1) is 0 Å².